The van der Waals surface area contributed by atoms with Gasteiger partial charge in [0.15, 0.2) is 9.84 Å². The van der Waals surface area contributed by atoms with Gasteiger partial charge in [-0.1, -0.05) is 0 Å². The first-order valence-corrected chi connectivity index (χ1v) is 9.55. The van der Waals surface area contributed by atoms with E-state index < -0.39 is 9.84 Å². The maximum Gasteiger partial charge on any atom is 0.257 e. The summed E-state index contributed by atoms with van der Waals surface area (Å²) >= 11 is 0. The number of rotatable bonds is 4. The lowest BCUT2D eigenvalue weighted by atomic mass is 10.1. The number of carbonyl (C=O) groups is 1. The highest BCUT2D eigenvalue weighted by Gasteiger charge is 2.34. The van der Waals surface area contributed by atoms with Gasteiger partial charge in [0.05, 0.1) is 17.1 Å². The average Bonchev–Trinajstić information content (AvgIpc) is 2.78. The van der Waals surface area contributed by atoms with E-state index in [1.165, 1.54) is 12.4 Å². The van der Waals surface area contributed by atoms with E-state index in [0.29, 0.717) is 24.5 Å². The van der Waals surface area contributed by atoms with Crippen molar-refractivity contribution in [3.63, 3.8) is 0 Å². The molecule has 0 saturated carbocycles. The van der Waals surface area contributed by atoms with Crippen LogP contribution in [0.2, 0.25) is 0 Å². The number of carbonyl (C=O) groups excluding carboxylic acids is 1. The van der Waals surface area contributed by atoms with Crippen molar-refractivity contribution in [3.8, 4) is 0 Å². The van der Waals surface area contributed by atoms with Crippen LogP contribution in [0.4, 0.5) is 5.95 Å². The van der Waals surface area contributed by atoms with Crippen molar-refractivity contribution in [3.05, 3.63) is 18.0 Å². The first-order valence-electron chi connectivity index (χ1n) is 7.73. The maximum absolute atomic E-state index is 12.6. The fourth-order valence-corrected chi connectivity index (χ4v) is 4.32. The minimum Gasteiger partial charge on any atom is -0.350 e. The first kappa shape index (κ1) is 17.7. The lowest BCUT2D eigenvalue weighted by Crippen LogP contribution is -2.41. The van der Waals surface area contributed by atoms with Crippen LogP contribution in [-0.2, 0) is 9.84 Å². The Morgan fingerprint density at radius 2 is 1.96 bits per heavy atom. The quantitative estimate of drug-likeness (QED) is 0.889. The lowest BCUT2D eigenvalue weighted by molar-refractivity contribution is 0.0707. The minimum atomic E-state index is -3.03. The molecule has 1 aromatic heterocycles. The molecule has 7 nitrogen and oxygen atoms in total. The molecular weight excluding hydrogens is 316 g/mol. The highest BCUT2D eigenvalue weighted by Crippen LogP contribution is 2.20. The molecular formula is C15H24N4O3S. The monoisotopic (exact) mass is 340 g/mol. The summed E-state index contributed by atoms with van der Waals surface area (Å²) in [5.74, 6) is 0.418. The van der Waals surface area contributed by atoms with E-state index in [4.69, 9.17) is 0 Å². The van der Waals surface area contributed by atoms with Gasteiger partial charge >= 0.3 is 0 Å². The fourth-order valence-electron chi connectivity index (χ4n) is 2.59. The molecule has 8 heteroatoms. The Bertz CT molecular complexity index is 665. The van der Waals surface area contributed by atoms with Gasteiger partial charge in [-0.15, -0.1) is 0 Å². The van der Waals surface area contributed by atoms with E-state index >= 15 is 0 Å². The molecule has 1 saturated heterocycles. The summed E-state index contributed by atoms with van der Waals surface area (Å²) < 4.78 is 23.3. The van der Waals surface area contributed by atoms with Crippen LogP contribution < -0.4 is 5.32 Å². The normalized spacial score (nSPS) is 20.3. The molecule has 0 bridgehead atoms. The molecule has 1 amide bonds. The molecule has 23 heavy (non-hydrogen) atoms. The van der Waals surface area contributed by atoms with Gasteiger partial charge in [0.25, 0.3) is 5.91 Å². The number of hydrogen-bond donors (Lipinski definition) is 1. The number of sulfone groups is 1. The number of aromatic nitrogens is 2. The topological polar surface area (TPSA) is 92.3 Å². The van der Waals surface area contributed by atoms with E-state index in [1.54, 1.807) is 4.90 Å². The third-order valence-electron chi connectivity index (χ3n) is 3.64. The lowest BCUT2D eigenvalue weighted by Gasteiger charge is -2.26. The number of nitrogens with one attached hydrogen (secondary N) is 1. The summed E-state index contributed by atoms with van der Waals surface area (Å²) in [5.41, 5.74) is 0.203. The Hall–Kier alpha value is -1.70. The zero-order valence-electron chi connectivity index (χ0n) is 14.0. The predicted molar refractivity (Wildman–Crippen MR) is 89.2 cm³/mol. The maximum atomic E-state index is 12.6. The molecule has 1 aliphatic rings. The summed E-state index contributed by atoms with van der Waals surface area (Å²) in [5, 5.41) is 3.13. The van der Waals surface area contributed by atoms with Gasteiger partial charge in [-0.2, -0.15) is 0 Å². The zero-order chi connectivity index (χ0) is 17.3. The van der Waals surface area contributed by atoms with Crippen LogP contribution in [0.1, 0.15) is 44.5 Å². The predicted octanol–water partition coefficient (Wildman–Crippen LogP) is 1.34. The van der Waals surface area contributed by atoms with Crippen molar-refractivity contribution in [2.45, 2.75) is 45.7 Å². The average molecular weight is 340 g/mol. The fraction of sp³-hybridized carbons (Fsp3) is 0.667. The Morgan fingerprint density at radius 3 is 2.39 bits per heavy atom. The Labute approximate surface area is 137 Å². The smallest absolute Gasteiger partial charge is 0.257 e. The highest BCUT2D eigenvalue weighted by molar-refractivity contribution is 7.91. The molecule has 1 unspecified atom stereocenters. The Balaban J connectivity index is 2.12. The summed E-state index contributed by atoms with van der Waals surface area (Å²) in [7, 11) is -3.03. The van der Waals surface area contributed by atoms with Crippen molar-refractivity contribution < 1.29 is 13.2 Å². The molecule has 0 radical (unpaired) electrons. The standard InChI is InChI=1S/C15H24N4O3S/c1-5-19(12-6-7-23(21,22)10-12)13(20)11-8-16-14(17-9-11)18-15(2,3)4/h8-9,12H,5-7,10H2,1-4H3,(H,16,17,18). The molecule has 2 rings (SSSR count). The number of amides is 1. The molecule has 0 spiro atoms. The molecule has 1 fully saturated rings. The molecule has 1 atom stereocenters. The SMILES string of the molecule is CCN(C(=O)c1cnc(NC(C)(C)C)nc1)C1CCS(=O)(=O)C1. The van der Waals surface area contributed by atoms with Crippen LogP contribution in [0.5, 0.6) is 0 Å². The van der Waals surface area contributed by atoms with Crippen molar-refractivity contribution in [2.75, 3.05) is 23.4 Å². The molecule has 0 aromatic carbocycles. The van der Waals surface area contributed by atoms with E-state index in [1.807, 2.05) is 27.7 Å². The molecule has 1 aliphatic heterocycles. The third-order valence-corrected chi connectivity index (χ3v) is 5.39. The van der Waals surface area contributed by atoms with Crippen LogP contribution in [0.15, 0.2) is 12.4 Å². The first-order chi connectivity index (χ1) is 10.6. The van der Waals surface area contributed by atoms with E-state index in [9.17, 15) is 13.2 Å². The molecule has 2 heterocycles. The summed E-state index contributed by atoms with van der Waals surface area (Å²) in [6.07, 6.45) is 3.46. The van der Waals surface area contributed by atoms with Gasteiger partial charge in [-0.25, -0.2) is 18.4 Å². The van der Waals surface area contributed by atoms with Crippen molar-refractivity contribution in [1.29, 1.82) is 0 Å². The van der Waals surface area contributed by atoms with Gasteiger partial charge in [-0.3, -0.25) is 4.79 Å². The number of nitrogens with zero attached hydrogens (tertiary/aromatic N) is 3. The van der Waals surface area contributed by atoms with E-state index in [0.717, 1.165) is 0 Å². The molecule has 1 N–H and O–H groups in total. The van der Waals surface area contributed by atoms with Gasteiger partial charge < -0.3 is 10.2 Å². The Kier molecular flexibility index (Phi) is 4.93. The van der Waals surface area contributed by atoms with Crippen LogP contribution in [0, 0.1) is 0 Å². The van der Waals surface area contributed by atoms with Gasteiger partial charge in [-0.05, 0) is 34.1 Å². The molecule has 128 valence electrons. The van der Waals surface area contributed by atoms with Crippen molar-refractivity contribution >= 4 is 21.7 Å². The van der Waals surface area contributed by atoms with Gasteiger partial charge in [0.1, 0.15) is 0 Å². The van der Waals surface area contributed by atoms with Crippen molar-refractivity contribution in [1.82, 2.24) is 14.9 Å². The second kappa shape index (κ2) is 6.43. The van der Waals surface area contributed by atoms with Crippen molar-refractivity contribution in [2.24, 2.45) is 0 Å². The second-order valence-electron chi connectivity index (χ2n) is 6.82. The Morgan fingerprint density at radius 1 is 1.35 bits per heavy atom. The number of hydrogen-bond acceptors (Lipinski definition) is 6. The second-order valence-corrected chi connectivity index (χ2v) is 9.05. The summed E-state index contributed by atoms with van der Waals surface area (Å²) in [6, 6.07) is -0.259. The zero-order valence-corrected chi connectivity index (χ0v) is 14.9. The van der Waals surface area contributed by atoms with Crippen LogP contribution in [0.25, 0.3) is 0 Å². The number of anilines is 1. The summed E-state index contributed by atoms with van der Waals surface area (Å²) in [6.45, 7) is 8.29. The van der Waals surface area contributed by atoms with Gasteiger partial charge in [0.2, 0.25) is 5.95 Å². The van der Waals surface area contributed by atoms with E-state index in [-0.39, 0.29) is 29.0 Å². The van der Waals surface area contributed by atoms with Gasteiger partial charge in [0, 0.05) is 30.5 Å². The van der Waals surface area contributed by atoms with Crippen LogP contribution in [-0.4, -0.2) is 58.8 Å². The molecule has 0 aliphatic carbocycles. The summed E-state index contributed by atoms with van der Waals surface area (Å²) in [4.78, 5) is 22.5. The van der Waals surface area contributed by atoms with Crippen LogP contribution in [0.3, 0.4) is 0 Å². The molecule has 1 aromatic rings. The third kappa shape index (κ3) is 4.63. The minimum absolute atomic E-state index is 0.0388. The van der Waals surface area contributed by atoms with Crippen LogP contribution >= 0.6 is 0 Å². The van der Waals surface area contributed by atoms with E-state index in [2.05, 4.69) is 15.3 Å². The highest BCUT2D eigenvalue weighted by atomic mass is 32.2. The largest absolute Gasteiger partial charge is 0.350 e.